The number of hydrogen-bond donors (Lipinski definition) is 2. The van der Waals surface area contributed by atoms with Crippen LogP contribution in [0.5, 0.6) is 0 Å². The summed E-state index contributed by atoms with van der Waals surface area (Å²) in [6.45, 7) is 1.58. The summed E-state index contributed by atoms with van der Waals surface area (Å²) in [4.78, 5) is 35.3. The zero-order valence-corrected chi connectivity index (χ0v) is 12.6. The number of ketones is 1. The Kier molecular flexibility index (Phi) is 3.65. The first kappa shape index (κ1) is 15.5. The van der Waals surface area contributed by atoms with E-state index in [9.17, 15) is 19.5 Å². The molecule has 0 aliphatic heterocycles. The number of rotatable bonds is 4. The summed E-state index contributed by atoms with van der Waals surface area (Å²) < 4.78 is 5.49. The topological polar surface area (TPSA) is 105 Å². The molecular weight excluding hydrogens is 312 g/mol. The van der Waals surface area contributed by atoms with Crippen molar-refractivity contribution in [1.29, 1.82) is 0 Å². The molecule has 24 heavy (non-hydrogen) atoms. The quantitative estimate of drug-likeness (QED) is 0.713. The lowest BCUT2D eigenvalue weighted by molar-refractivity contribution is 0.0652. The third-order valence-electron chi connectivity index (χ3n) is 3.73. The molecule has 0 saturated carbocycles. The number of carbonyl (C=O) groups excluding carboxylic acids is 1. The molecule has 0 aliphatic rings. The molecule has 0 saturated heterocycles. The first-order chi connectivity index (χ1) is 11.4. The summed E-state index contributed by atoms with van der Waals surface area (Å²) in [6, 6.07) is 10.8. The number of hydrogen-bond acceptors (Lipinski definition) is 4. The van der Waals surface area contributed by atoms with E-state index in [0.29, 0.717) is 11.3 Å². The van der Waals surface area contributed by atoms with Crippen molar-refractivity contribution in [2.75, 3.05) is 0 Å². The molecule has 3 aromatic rings. The zero-order valence-electron chi connectivity index (χ0n) is 12.6. The van der Waals surface area contributed by atoms with E-state index in [2.05, 4.69) is 0 Å². The van der Waals surface area contributed by atoms with E-state index in [1.807, 2.05) is 0 Å². The molecule has 3 rings (SSSR count). The Morgan fingerprint density at radius 2 is 1.50 bits per heavy atom. The summed E-state index contributed by atoms with van der Waals surface area (Å²) in [5.41, 5.74) is 0.0488. The van der Waals surface area contributed by atoms with Gasteiger partial charge in [0.05, 0.1) is 16.7 Å². The maximum Gasteiger partial charge on any atom is 0.336 e. The second-order valence-electron chi connectivity index (χ2n) is 5.23. The normalized spacial score (nSPS) is 10.7. The van der Waals surface area contributed by atoms with Crippen LogP contribution in [-0.4, -0.2) is 27.9 Å². The number of fused-ring (bicyclic) bond motifs is 1. The summed E-state index contributed by atoms with van der Waals surface area (Å²) in [6.07, 6.45) is 0. The molecule has 0 amide bonds. The average Bonchev–Trinajstić information content (AvgIpc) is 2.88. The molecule has 2 aromatic carbocycles. The predicted octanol–water partition coefficient (Wildman–Crippen LogP) is 3.37. The van der Waals surface area contributed by atoms with Crippen LogP contribution in [-0.2, 0) is 0 Å². The smallest absolute Gasteiger partial charge is 0.336 e. The number of carbonyl (C=O) groups is 3. The minimum Gasteiger partial charge on any atom is -0.478 e. The van der Waals surface area contributed by atoms with Crippen molar-refractivity contribution < 1.29 is 29.0 Å². The van der Waals surface area contributed by atoms with Crippen molar-refractivity contribution in [3.8, 4) is 0 Å². The maximum atomic E-state index is 12.7. The Hall–Kier alpha value is -3.41. The number of benzene rings is 2. The Morgan fingerprint density at radius 3 is 2.08 bits per heavy atom. The largest absolute Gasteiger partial charge is 0.478 e. The molecule has 0 radical (unpaired) electrons. The number of carboxylic acid groups (broad SMARTS) is 2. The van der Waals surface area contributed by atoms with Gasteiger partial charge in [0.1, 0.15) is 11.3 Å². The molecule has 1 heterocycles. The molecule has 0 atom stereocenters. The molecule has 0 unspecified atom stereocenters. The molecule has 0 fully saturated rings. The van der Waals surface area contributed by atoms with Crippen molar-refractivity contribution in [3.05, 3.63) is 70.5 Å². The summed E-state index contributed by atoms with van der Waals surface area (Å²) >= 11 is 0. The highest BCUT2D eigenvalue weighted by Crippen LogP contribution is 2.30. The molecule has 120 valence electrons. The Labute approximate surface area is 135 Å². The highest BCUT2D eigenvalue weighted by Gasteiger charge is 2.24. The standard InChI is InChI=1S/C18H12O6/c1-9-15(16(19)10-5-3-2-4-6-10)13-7-11(17(20)21)12(18(22)23)8-14(13)24-9/h2-8H,1H3,(H,20,21)(H,22,23). The number of aromatic carboxylic acids is 2. The lowest BCUT2D eigenvalue weighted by Gasteiger charge is -2.03. The molecule has 6 nitrogen and oxygen atoms in total. The fraction of sp³-hybridized carbons (Fsp3) is 0.0556. The molecular formula is C18H12O6. The van der Waals surface area contributed by atoms with Gasteiger partial charge in [-0.1, -0.05) is 30.3 Å². The fourth-order valence-corrected chi connectivity index (χ4v) is 2.64. The summed E-state index contributed by atoms with van der Waals surface area (Å²) in [7, 11) is 0. The van der Waals surface area contributed by atoms with Gasteiger partial charge in [0, 0.05) is 10.9 Å². The van der Waals surface area contributed by atoms with E-state index in [1.54, 1.807) is 37.3 Å². The van der Waals surface area contributed by atoms with Crippen LogP contribution in [0.3, 0.4) is 0 Å². The van der Waals surface area contributed by atoms with Crippen LogP contribution in [0.15, 0.2) is 46.9 Å². The van der Waals surface area contributed by atoms with Crippen molar-refractivity contribution in [2.45, 2.75) is 6.92 Å². The van der Waals surface area contributed by atoms with Gasteiger partial charge in [0.15, 0.2) is 5.78 Å². The van der Waals surface area contributed by atoms with Crippen LogP contribution < -0.4 is 0 Å². The lowest BCUT2D eigenvalue weighted by atomic mass is 9.97. The first-order valence-electron chi connectivity index (χ1n) is 7.03. The van der Waals surface area contributed by atoms with Gasteiger partial charge < -0.3 is 14.6 Å². The third kappa shape index (κ3) is 2.44. The first-order valence-corrected chi connectivity index (χ1v) is 7.03. The third-order valence-corrected chi connectivity index (χ3v) is 3.73. The van der Waals surface area contributed by atoms with Crippen LogP contribution in [0.25, 0.3) is 11.0 Å². The Morgan fingerprint density at radius 1 is 0.917 bits per heavy atom. The van der Waals surface area contributed by atoms with Crippen LogP contribution in [0.1, 0.15) is 42.4 Å². The van der Waals surface area contributed by atoms with Gasteiger partial charge in [-0.3, -0.25) is 4.79 Å². The Balaban J connectivity index is 2.28. The molecule has 0 aliphatic carbocycles. The molecule has 1 aromatic heterocycles. The average molecular weight is 324 g/mol. The van der Waals surface area contributed by atoms with Gasteiger partial charge >= 0.3 is 11.9 Å². The second-order valence-corrected chi connectivity index (χ2v) is 5.23. The van der Waals surface area contributed by atoms with Crippen molar-refractivity contribution >= 4 is 28.7 Å². The van der Waals surface area contributed by atoms with E-state index < -0.39 is 17.5 Å². The van der Waals surface area contributed by atoms with Crippen molar-refractivity contribution in [3.63, 3.8) is 0 Å². The Bertz CT molecular complexity index is 982. The highest BCUT2D eigenvalue weighted by atomic mass is 16.4. The number of carboxylic acids is 2. The fourth-order valence-electron chi connectivity index (χ4n) is 2.64. The van der Waals surface area contributed by atoms with Crippen molar-refractivity contribution in [1.82, 2.24) is 0 Å². The number of aryl methyl sites for hydroxylation is 1. The van der Waals surface area contributed by atoms with E-state index in [-0.39, 0.29) is 27.9 Å². The predicted molar refractivity (Wildman–Crippen MR) is 84.7 cm³/mol. The molecule has 6 heteroatoms. The maximum absolute atomic E-state index is 12.7. The summed E-state index contributed by atoms with van der Waals surface area (Å²) in [5.74, 6) is -2.77. The van der Waals surface area contributed by atoms with E-state index in [0.717, 1.165) is 6.07 Å². The van der Waals surface area contributed by atoms with Crippen molar-refractivity contribution in [2.24, 2.45) is 0 Å². The minimum atomic E-state index is -1.38. The zero-order chi connectivity index (χ0) is 17.4. The lowest BCUT2D eigenvalue weighted by Crippen LogP contribution is -2.08. The van der Waals surface area contributed by atoms with Gasteiger partial charge in [-0.25, -0.2) is 9.59 Å². The second kappa shape index (κ2) is 5.66. The number of furan rings is 1. The van der Waals surface area contributed by atoms with Gasteiger partial charge in [-0.15, -0.1) is 0 Å². The molecule has 0 bridgehead atoms. The molecule has 2 N–H and O–H groups in total. The van der Waals surface area contributed by atoms with E-state index >= 15 is 0 Å². The van der Waals surface area contributed by atoms with Crippen LogP contribution in [0.2, 0.25) is 0 Å². The minimum absolute atomic E-state index is 0.161. The van der Waals surface area contributed by atoms with Gasteiger partial charge in [0.2, 0.25) is 0 Å². The van der Waals surface area contributed by atoms with Gasteiger partial charge in [0.25, 0.3) is 0 Å². The van der Waals surface area contributed by atoms with Crippen LogP contribution in [0.4, 0.5) is 0 Å². The van der Waals surface area contributed by atoms with Gasteiger partial charge in [-0.05, 0) is 19.1 Å². The van der Waals surface area contributed by atoms with Crippen LogP contribution in [0, 0.1) is 6.92 Å². The van der Waals surface area contributed by atoms with Crippen LogP contribution >= 0.6 is 0 Å². The van der Waals surface area contributed by atoms with E-state index in [4.69, 9.17) is 9.52 Å². The monoisotopic (exact) mass is 324 g/mol. The SMILES string of the molecule is Cc1oc2cc(C(=O)O)c(C(=O)O)cc2c1C(=O)c1ccccc1. The highest BCUT2D eigenvalue weighted by molar-refractivity contribution is 6.18. The van der Waals surface area contributed by atoms with Gasteiger partial charge in [-0.2, -0.15) is 0 Å². The molecule has 0 spiro atoms. The van der Waals surface area contributed by atoms with E-state index in [1.165, 1.54) is 6.07 Å². The summed E-state index contributed by atoms with van der Waals surface area (Å²) in [5, 5.41) is 18.7.